The molecule has 0 saturated heterocycles. The standard InChI is InChI=1S/C14H18N4O2/c1-3-8-18(9-12(19)15-2)14(20)13-10-6-4-5-7-11(10)16-17-13/h4-7H,3,8-9H2,1-2H3,(H,15,19)(H,16,17). The molecule has 0 saturated carbocycles. The summed E-state index contributed by atoms with van der Waals surface area (Å²) in [6.07, 6.45) is 0.783. The molecule has 0 aliphatic rings. The molecule has 0 radical (unpaired) electrons. The Hall–Kier alpha value is -2.37. The van der Waals surface area contributed by atoms with Crippen LogP contribution in [0.5, 0.6) is 0 Å². The van der Waals surface area contributed by atoms with Gasteiger partial charge in [0, 0.05) is 19.0 Å². The molecule has 2 aromatic rings. The highest BCUT2D eigenvalue weighted by atomic mass is 16.2. The van der Waals surface area contributed by atoms with Crippen molar-refractivity contribution in [3.63, 3.8) is 0 Å². The normalized spacial score (nSPS) is 10.5. The lowest BCUT2D eigenvalue weighted by Crippen LogP contribution is -2.40. The van der Waals surface area contributed by atoms with Crippen LogP contribution in [-0.2, 0) is 4.79 Å². The van der Waals surface area contributed by atoms with Crippen LogP contribution in [0.3, 0.4) is 0 Å². The minimum atomic E-state index is -0.229. The van der Waals surface area contributed by atoms with E-state index in [0.29, 0.717) is 12.2 Å². The largest absolute Gasteiger partial charge is 0.358 e. The summed E-state index contributed by atoms with van der Waals surface area (Å²) in [7, 11) is 1.56. The number of carbonyl (C=O) groups is 2. The van der Waals surface area contributed by atoms with Crippen molar-refractivity contribution in [2.75, 3.05) is 20.1 Å². The average molecular weight is 274 g/mol. The number of aromatic nitrogens is 2. The van der Waals surface area contributed by atoms with Gasteiger partial charge in [-0.25, -0.2) is 0 Å². The number of likely N-dealkylation sites (N-methyl/N-ethyl adjacent to an activating group) is 1. The Labute approximate surface area is 117 Å². The minimum absolute atomic E-state index is 0.0460. The van der Waals surface area contributed by atoms with Crippen molar-refractivity contribution < 1.29 is 9.59 Å². The van der Waals surface area contributed by atoms with Crippen molar-refractivity contribution in [2.24, 2.45) is 0 Å². The fraction of sp³-hybridized carbons (Fsp3) is 0.357. The van der Waals surface area contributed by atoms with Crippen molar-refractivity contribution in [3.8, 4) is 0 Å². The van der Waals surface area contributed by atoms with Crippen molar-refractivity contribution >= 4 is 22.7 Å². The number of nitrogens with one attached hydrogen (secondary N) is 2. The Morgan fingerprint density at radius 2 is 2.10 bits per heavy atom. The number of H-pyrrole nitrogens is 1. The van der Waals surface area contributed by atoms with Crippen molar-refractivity contribution in [1.82, 2.24) is 20.4 Å². The molecule has 0 aliphatic heterocycles. The van der Waals surface area contributed by atoms with E-state index in [9.17, 15) is 9.59 Å². The van der Waals surface area contributed by atoms with Crippen LogP contribution in [0.4, 0.5) is 0 Å². The van der Waals surface area contributed by atoms with Gasteiger partial charge in [-0.2, -0.15) is 5.10 Å². The molecular formula is C14H18N4O2. The van der Waals surface area contributed by atoms with Crippen LogP contribution in [-0.4, -0.2) is 47.0 Å². The number of hydrogen-bond acceptors (Lipinski definition) is 3. The van der Waals surface area contributed by atoms with Gasteiger partial charge in [0.1, 0.15) is 0 Å². The third kappa shape index (κ3) is 2.79. The first-order chi connectivity index (χ1) is 9.67. The molecule has 1 aromatic heterocycles. The maximum absolute atomic E-state index is 12.5. The average Bonchev–Trinajstić information content (AvgIpc) is 2.89. The summed E-state index contributed by atoms with van der Waals surface area (Å²) in [6, 6.07) is 7.44. The number of aromatic amines is 1. The monoisotopic (exact) mass is 274 g/mol. The molecule has 0 aliphatic carbocycles. The lowest BCUT2D eigenvalue weighted by molar-refractivity contribution is -0.121. The summed E-state index contributed by atoms with van der Waals surface area (Å²) < 4.78 is 0. The first kappa shape index (κ1) is 14.0. The number of fused-ring (bicyclic) bond motifs is 1. The highest BCUT2D eigenvalue weighted by Gasteiger charge is 2.21. The molecule has 0 bridgehead atoms. The lowest BCUT2D eigenvalue weighted by Gasteiger charge is -2.20. The molecule has 6 nitrogen and oxygen atoms in total. The maximum atomic E-state index is 12.5. The molecular weight excluding hydrogens is 256 g/mol. The highest BCUT2D eigenvalue weighted by molar-refractivity contribution is 6.05. The molecule has 0 atom stereocenters. The van der Waals surface area contributed by atoms with E-state index < -0.39 is 0 Å². The molecule has 2 rings (SSSR count). The molecule has 106 valence electrons. The van der Waals surface area contributed by atoms with E-state index in [-0.39, 0.29) is 18.4 Å². The first-order valence-electron chi connectivity index (χ1n) is 6.60. The third-order valence-electron chi connectivity index (χ3n) is 3.07. The van der Waals surface area contributed by atoms with Crippen LogP contribution in [0.25, 0.3) is 10.9 Å². The Bertz CT molecular complexity index is 620. The SMILES string of the molecule is CCCN(CC(=O)NC)C(=O)c1n[nH]c2ccccc12. The number of carbonyl (C=O) groups excluding carboxylic acids is 2. The number of hydrogen-bond donors (Lipinski definition) is 2. The molecule has 20 heavy (non-hydrogen) atoms. The molecule has 0 fully saturated rings. The number of amides is 2. The molecule has 1 heterocycles. The summed E-state index contributed by atoms with van der Waals surface area (Å²) >= 11 is 0. The van der Waals surface area contributed by atoms with E-state index >= 15 is 0 Å². The van der Waals surface area contributed by atoms with Gasteiger partial charge in [0.25, 0.3) is 5.91 Å². The number of rotatable bonds is 5. The smallest absolute Gasteiger partial charge is 0.275 e. The second-order valence-electron chi connectivity index (χ2n) is 4.52. The Morgan fingerprint density at radius 3 is 2.80 bits per heavy atom. The Kier molecular flexibility index (Phi) is 4.34. The van der Waals surface area contributed by atoms with E-state index in [2.05, 4.69) is 15.5 Å². The molecule has 1 aromatic carbocycles. The van der Waals surface area contributed by atoms with Gasteiger partial charge in [0.2, 0.25) is 5.91 Å². The summed E-state index contributed by atoms with van der Waals surface area (Å²) in [4.78, 5) is 25.5. The fourth-order valence-electron chi connectivity index (χ4n) is 2.05. The molecule has 0 spiro atoms. The number of para-hydroxylation sites is 1. The van der Waals surface area contributed by atoms with Crippen molar-refractivity contribution in [1.29, 1.82) is 0 Å². The number of benzene rings is 1. The Morgan fingerprint density at radius 1 is 1.35 bits per heavy atom. The van der Waals surface area contributed by atoms with Crippen LogP contribution in [0.15, 0.2) is 24.3 Å². The molecule has 2 N–H and O–H groups in total. The van der Waals surface area contributed by atoms with Gasteiger partial charge in [-0.15, -0.1) is 0 Å². The van der Waals surface area contributed by atoms with Crippen LogP contribution < -0.4 is 5.32 Å². The zero-order valence-electron chi connectivity index (χ0n) is 11.6. The fourth-order valence-corrected chi connectivity index (χ4v) is 2.05. The van der Waals surface area contributed by atoms with Crippen LogP contribution in [0, 0.1) is 0 Å². The zero-order valence-corrected chi connectivity index (χ0v) is 11.6. The number of nitrogens with zero attached hydrogens (tertiary/aromatic N) is 2. The summed E-state index contributed by atoms with van der Waals surface area (Å²) in [5.74, 6) is -0.417. The van der Waals surface area contributed by atoms with Gasteiger partial charge < -0.3 is 10.2 Å². The molecule has 0 unspecified atom stereocenters. The minimum Gasteiger partial charge on any atom is -0.358 e. The van der Waals surface area contributed by atoms with Gasteiger partial charge in [-0.1, -0.05) is 25.1 Å². The molecule has 6 heteroatoms. The maximum Gasteiger partial charge on any atom is 0.275 e. The highest BCUT2D eigenvalue weighted by Crippen LogP contribution is 2.16. The van der Waals surface area contributed by atoms with Crippen LogP contribution in [0.2, 0.25) is 0 Å². The van der Waals surface area contributed by atoms with Crippen molar-refractivity contribution in [3.05, 3.63) is 30.0 Å². The van der Waals surface area contributed by atoms with Gasteiger partial charge >= 0.3 is 0 Å². The summed E-state index contributed by atoms with van der Waals surface area (Å²) in [5, 5.41) is 10.2. The molecule has 2 amide bonds. The summed E-state index contributed by atoms with van der Waals surface area (Å²) in [6.45, 7) is 2.53. The zero-order chi connectivity index (χ0) is 14.5. The van der Waals surface area contributed by atoms with E-state index in [0.717, 1.165) is 17.3 Å². The third-order valence-corrected chi connectivity index (χ3v) is 3.07. The van der Waals surface area contributed by atoms with Gasteiger partial charge in [-0.3, -0.25) is 14.7 Å². The van der Waals surface area contributed by atoms with E-state index in [1.807, 2.05) is 31.2 Å². The van der Waals surface area contributed by atoms with E-state index in [1.165, 1.54) is 4.90 Å². The topological polar surface area (TPSA) is 78.1 Å². The van der Waals surface area contributed by atoms with Crippen LogP contribution in [0.1, 0.15) is 23.8 Å². The lowest BCUT2D eigenvalue weighted by atomic mass is 10.2. The second-order valence-corrected chi connectivity index (χ2v) is 4.52. The first-order valence-corrected chi connectivity index (χ1v) is 6.60. The quantitative estimate of drug-likeness (QED) is 0.859. The van der Waals surface area contributed by atoms with Crippen LogP contribution >= 0.6 is 0 Å². The van der Waals surface area contributed by atoms with Gasteiger partial charge in [-0.05, 0) is 12.5 Å². The summed E-state index contributed by atoms with van der Waals surface area (Å²) in [5.41, 5.74) is 1.17. The Balaban J connectivity index is 2.29. The van der Waals surface area contributed by atoms with Gasteiger partial charge in [0.15, 0.2) is 5.69 Å². The predicted molar refractivity (Wildman–Crippen MR) is 76.4 cm³/mol. The van der Waals surface area contributed by atoms with Crippen molar-refractivity contribution in [2.45, 2.75) is 13.3 Å². The predicted octanol–water partition coefficient (Wildman–Crippen LogP) is 1.16. The van der Waals surface area contributed by atoms with E-state index in [4.69, 9.17) is 0 Å². The van der Waals surface area contributed by atoms with Gasteiger partial charge in [0.05, 0.1) is 12.1 Å². The van der Waals surface area contributed by atoms with E-state index in [1.54, 1.807) is 7.05 Å². The second kappa shape index (κ2) is 6.18.